The zero-order chi connectivity index (χ0) is 16.2. The van der Waals surface area contributed by atoms with Gasteiger partial charge in [-0.05, 0) is 29.8 Å². The van der Waals surface area contributed by atoms with E-state index in [2.05, 4.69) is 29.0 Å². The highest BCUT2D eigenvalue weighted by Crippen LogP contribution is 2.10. The van der Waals surface area contributed by atoms with E-state index < -0.39 is 5.91 Å². The van der Waals surface area contributed by atoms with Crippen LogP contribution in [0.4, 0.5) is 0 Å². The molecule has 0 bridgehead atoms. The molecule has 0 spiro atoms. The Morgan fingerprint density at radius 3 is 2.50 bits per heavy atom. The van der Waals surface area contributed by atoms with Gasteiger partial charge < -0.3 is 10.1 Å². The third-order valence-corrected chi connectivity index (χ3v) is 2.42. The lowest BCUT2D eigenvalue weighted by Crippen LogP contribution is -2.29. The van der Waals surface area contributed by atoms with Gasteiger partial charge in [0.1, 0.15) is 18.8 Å². The molecule has 2 N–H and O–H groups in total. The van der Waals surface area contributed by atoms with Crippen molar-refractivity contribution in [2.45, 2.75) is 6.42 Å². The molecule has 0 aliphatic rings. The van der Waals surface area contributed by atoms with Gasteiger partial charge in [-0.15, -0.1) is 6.58 Å². The zero-order valence-corrected chi connectivity index (χ0v) is 12.2. The van der Waals surface area contributed by atoms with Crippen molar-refractivity contribution in [1.29, 1.82) is 0 Å². The lowest BCUT2D eigenvalue weighted by Gasteiger charge is -2.03. The minimum atomic E-state index is -0.483. The molecule has 0 aliphatic carbocycles. The molecule has 1 aromatic carbocycles. The van der Waals surface area contributed by atoms with E-state index in [0.717, 1.165) is 11.3 Å². The largest absolute Gasteiger partial charge is 0.490 e. The molecule has 0 saturated heterocycles. The summed E-state index contributed by atoms with van der Waals surface area (Å²) in [5, 5.41) is 6.29. The fourth-order valence-electron chi connectivity index (χ4n) is 1.42. The maximum atomic E-state index is 11.4. The standard InChI is InChI=1S/C16H19N3O3/c1-3-9-17-15(20)11-16(21)19-18-12-13-5-7-14(8-6-13)22-10-4-2/h3-8,12H,1-2,9-11H2,(H,17,20)(H,19,21). The molecule has 0 aromatic heterocycles. The maximum absolute atomic E-state index is 11.4. The highest BCUT2D eigenvalue weighted by molar-refractivity contribution is 5.97. The molecule has 1 rings (SSSR count). The molecule has 0 atom stereocenters. The van der Waals surface area contributed by atoms with Crippen molar-refractivity contribution in [1.82, 2.24) is 10.7 Å². The minimum absolute atomic E-state index is 0.278. The monoisotopic (exact) mass is 301 g/mol. The number of benzene rings is 1. The molecule has 0 unspecified atom stereocenters. The van der Waals surface area contributed by atoms with Crippen LogP contribution in [0.5, 0.6) is 5.75 Å². The van der Waals surface area contributed by atoms with E-state index in [1.165, 1.54) is 12.3 Å². The summed E-state index contributed by atoms with van der Waals surface area (Å²) in [4.78, 5) is 22.7. The molecule has 0 fully saturated rings. The summed E-state index contributed by atoms with van der Waals surface area (Å²) in [5.74, 6) is -0.139. The van der Waals surface area contributed by atoms with Crippen molar-refractivity contribution < 1.29 is 14.3 Å². The number of hydrogen-bond donors (Lipinski definition) is 2. The maximum Gasteiger partial charge on any atom is 0.249 e. The number of ether oxygens (including phenoxy) is 1. The Balaban J connectivity index is 2.38. The Morgan fingerprint density at radius 2 is 1.86 bits per heavy atom. The van der Waals surface area contributed by atoms with Crippen molar-refractivity contribution in [3.8, 4) is 5.75 Å². The van der Waals surface area contributed by atoms with Crippen molar-refractivity contribution in [2.75, 3.05) is 13.2 Å². The Morgan fingerprint density at radius 1 is 1.14 bits per heavy atom. The van der Waals surface area contributed by atoms with E-state index in [9.17, 15) is 9.59 Å². The first-order valence-electron chi connectivity index (χ1n) is 6.69. The van der Waals surface area contributed by atoms with Gasteiger partial charge in [-0.1, -0.05) is 18.7 Å². The normalized spacial score (nSPS) is 10.0. The number of nitrogens with zero attached hydrogens (tertiary/aromatic N) is 1. The van der Waals surface area contributed by atoms with Crippen LogP contribution < -0.4 is 15.5 Å². The third kappa shape index (κ3) is 7.04. The van der Waals surface area contributed by atoms with Crippen LogP contribution in [-0.2, 0) is 9.59 Å². The molecule has 0 aliphatic heterocycles. The number of hydrazone groups is 1. The molecular formula is C16H19N3O3. The second kappa shape index (κ2) is 9.93. The summed E-state index contributed by atoms with van der Waals surface area (Å²) in [6.45, 7) is 7.80. The Labute approximate surface area is 129 Å². The van der Waals surface area contributed by atoms with Crippen LogP contribution in [0.25, 0.3) is 0 Å². The topological polar surface area (TPSA) is 79.8 Å². The summed E-state index contributed by atoms with van der Waals surface area (Å²) in [5.41, 5.74) is 3.08. The molecular weight excluding hydrogens is 282 g/mol. The minimum Gasteiger partial charge on any atom is -0.490 e. The van der Waals surface area contributed by atoms with Gasteiger partial charge in [-0.2, -0.15) is 5.10 Å². The van der Waals surface area contributed by atoms with Gasteiger partial charge in [0.15, 0.2) is 0 Å². The van der Waals surface area contributed by atoms with Crippen molar-refractivity contribution >= 4 is 18.0 Å². The smallest absolute Gasteiger partial charge is 0.249 e. The average molecular weight is 301 g/mol. The van der Waals surface area contributed by atoms with Crippen molar-refractivity contribution in [3.05, 3.63) is 55.1 Å². The van der Waals surface area contributed by atoms with Crippen LogP contribution in [0, 0.1) is 0 Å². The van der Waals surface area contributed by atoms with Gasteiger partial charge in [0.25, 0.3) is 0 Å². The highest BCUT2D eigenvalue weighted by Gasteiger charge is 2.06. The van der Waals surface area contributed by atoms with Gasteiger partial charge in [-0.25, -0.2) is 5.43 Å². The van der Waals surface area contributed by atoms with Crippen LogP contribution >= 0.6 is 0 Å². The molecule has 0 heterocycles. The third-order valence-electron chi connectivity index (χ3n) is 2.42. The quantitative estimate of drug-likeness (QED) is 0.313. The summed E-state index contributed by atoms with van der Waals surface area (Å²) in [7, 11) is 0. The molecule has 0 saturated carbocycles. The SMILES string of the molecule is C=CCNC(=O)CC(=O)NN=Cc1ccc(OCC=C)cc1. The average Bonchev–Trinajstić information content (AvgIpc) is 2.52. The van der Waals surface area contributed by atoms with Crippen LogP contribution in [0.2, 0.25) is 0 Å². The van der Waals surface area contributed by atoms with Gasteiger partial charge in [0.05, 0.1) is 6.21 Å². The van der Waals surface area contributed by atoms with E-state index >= 15 is 0 Å². The summed E-state index contributed by atoms with van der Waals surface area (Å²) in [6, 6.07) is 7.17. The number of amides is 2. The van der Waals surface area contributed by atoms with Gasteiger partial charge in [-0.3, -0.25) is 9.59 Å². The van der Waals surface area contributed by atoms with E-state index in [1.807, 2.05) is 0 Å². The van der Waals surface area contributed by atoms with Crippen LogP contribution in [0.1, 0.15) is 12.0 Å². The first kappa shape index (κ1) is 17.2. The number of carbonyl (C=O) groups excluding carboxylic acids is 2. The molecule has 22 heavy (non-hydrogen) atoms. The fourth-order valence-corrected chi connectivity index (χ4v) is 1.42. The summed E-state index contributed by atoms with van der Waals surface area (Å²) in [6.07, 6.45) is 4.41. The lowest BCUT2D eigenvalue weighted by atomic mass is 10.2. The van der Waals surface area contributed by atoms with Crippen molar-refractivity contribution in [3.63, 3.8) is 0 Å². The molecule has 1 aromatic rings. The summed E-state index contributed by atoms with van der Waals surface area (Å²) < 4.78 is 5.35. The predicted octanol–water partition coefficient (Wildman–Crippen LogP) is 1.39. The summed E-state index contributed by atoms with van der Waals surface area (Å²) >= 11 is 0. The first-order valence-corrected chi connectivity index (χ1v) is 6.69. The Hall–Kier alpha value is -2.89. The fraction of sp³-hybridized carbons (Fsp3) is 0.188. The predicted molar refractivity (Wildman–Crippen MR) is 85.7 cm³/mol. The second-order valence-electron chi connectivity index (χ2n) is 4.23. The van der Waals surface area contributed by atoms with E-state index in [0.29, 0.717) is 13.2 Å². The molecule has 116 valence electrons. The number of hydrogen-bond acceptors (Lipinski definition) is 4. The lowest BCUT2D eigenvalue weighted by molar-refractivity contribution is -0.129. The molecule has 6 heteroatoms. The van der Waals surface area contributed by atoms with Crippen LogP contribution in [0.15, 0.2) is 54.7 Å². The van der Waals surface area contributed by atoms with E-state index in [-0.39, 0.29) is 12.3 Å². The van der Waals surface area contributed by atoms with Crippen LogP contribution in [-0.4, -0.2) is 31.2 Å². The Kier molecular flexibility index (Phi) is 7.74. The molecule has 6 nitrogen and oxygen atoms in total. The first-order chi connectivity index (χ1) is 10.7. The van der Waals surface area contributed by atoms with Crippen LogP contribution in [0.3, 0.4) is 0 Å². The molecule has 0 radical (unpaired) electrons. The van der Waals surface area contributed by atoms with E-state index in [4.69, 9.17) is 4.74 Å². The highest BCUT2D eigenvalue weighted by atomic mass is 16.5. The second-order valence-corrected chi connectivity index (χ2v) is 4.23. The Bertz CT molecular complexity index is 550. The number of nitrogens with one attached hydrogen (secondary N) is 2. The van der Waals surface area contributed by atoms with Gasteiger partial charge in [0.2, 0.25) is 11.8 Å². The number of carbonyl (C=O) groups is 2. The van der Waals surface area contributed by atoms with Gasteiger partial charge in [0, 0.05) is 6.54 Å². The van der Waals surface area contributed by atoms with Gasteiger partial charge >= 0.3 is 0 Å². The van der Waals surface area contributed by atoms with E-state index in [1.54, 1.807) is 30.3 Å². The zero-order valence-electron chi connectivity index (χ0n) is 12.2. The van der Waals surface area contributed by atoms with Crippen molar-refractivity contribution in [2.24, 2.45) is 5.10 Å². The molecule has 2 amide bonds. The number of rotatable bonds is 9.